The quantitative estimate of drug-likeness (QED) is 0.756. The van der Waals surface area contributed by atoms with Gasteiger partial charge in [0.05, 0.1) is 7.11 Å². The number of hydrogen-bond donors (Lipinski definition) is 0. The summed E-state index contributed by atoms with van der Waals surface area (Å²) >= 11 is 0. The van der Waals surface area contributed by atoms with Gasteiger partial charge in [0.25, 0.3) is 0 Å². The molecule has 0 saturated carbocycles. The molecule has 0 unspecified atom stereocenters. The molecule has 0 N–H and O–H groups in total. The van der Waals surface area contributed by atoms with E-state index < -0.39 is 0 Å². The summed E-state index contributed by atoms with van der Waals surface area (Å²) in [6, 6.07) is 11.4. The highest BCUT2D eigenvalue weighted by Gasteiger charge is 2.06. The number of halogens is 1. The monoisotopic (exact) mass is 230 g/mol. The molecule has 0 fully saturated rings. The van der Waals surface area contributed by atoms with Crippen LogP contribution in [0.4, 0.5) is 4.39 Å². The first-order chi connectivity index (χ1) is 8.24. The van der Waals surface area contributed by atoms with E-state index in [0.717, 1.165) is 17.4 Å². The van der Waals surface area contributed by atoms with Crippen molar-refractivity contribution in [2.24, 2.45) is 0 Å². The molecule has 17 heavy (non-hydrogen) atoms. The Morgan fingerprint density at radius 1 is 1.12 bits per heavy atom. The molecule has 2 aromatic rings. The Kier molecular flexibility index (Phi) is 3.19. The number of carbonyl (C=O) groups excluding carboxylic acids is 1. The van der Waals surface area contributed by atoms with Gasteiger partial charge in [0.15, 0.2) is 0 Å². The molecule has 3 heteroatoms. The molecule has 0 aliphatic heterocycles. The molecule has 0 atom stereocenters. The molecule has 0 radical (unpaired) electrons. The van der Waals surface area contributed by atoms with Gasteiger partial charge in [-0.3, -0.25) is 4.79 Å². The molecule has 2 nitrogen and oxygen atoms in total. The molecule has 0 heterocycles. The average Bonchev–Trinajstić information content (AvgIpc) is 2.39. The summed E-state index contributed by atoms with van der Waals surface area (Å²) in [5, 5.41) is 0. The van der Waals surface area contributed by atoms with Crippen molar-refractivity contribution >= 4 is 6.29 Å². The highest BCUT2D eigenvalue weighted by atomic mass is 19.1. The Balaban J connectivity index is 2.48. The second kappa shape index (κ2) is 4.78. The summed E-state index contributed by atoms with van der Waals surface area (Å²) in [5.41, 5.74) is 2.29. The molecule has 0 saturated heterocycles. The van der Waals surface area contributed by atoms with E-state index in [1.807, 2.05) is 0 Å². The van der Waals surface area contributed by atoms with E-state index in [1.165, 1.54) is 19.2 Å². The SMILES string of the molecule is COc1cc(F)ccc1-c1ccc(C=O)cc1. The van der Waals surface area contributed by atoms with E-state index in [2.05, 4.69) is 0 Å². The van der Waals surface area contributed by atoms with Gasteiger partial charge >= 0.3 is 0 Å². The number of aldehydes is 1. The Bertz CT molecular complexity index is 532. The van der Waals surface area contributed by atoms with Crippen molar-refractivity contribution in [3.63, 3.8) is 0 Å². The molecule has 0 aliphatic rings. The standard InChI is InChI=1S/C14H11FO2/c1-17-14-8-12(15)6-7-13(14)11-4-2-10(9-16)3-5-11/h2-9H,1H3. The molecule has 0 spiro atoms. The molecule has 2 aromatic carbocycles. The predicted octanol–water partition coefficient (Wildman–Crippen LogP) is 3.31. The molecule has 0 aliphatic carbocycles. The lowest BCUT2D eigenvalue weighted by atomic mass is 10.0. The molecule has 2 rings (SSSR count). The second-order valence-electron chi connectivity index (χ2n) is 3.58. The Morgan fingerprint density at radius 3 is 2.41 bits per heavy atom. The van der Waals surface area contributed by atoms with E-state index in [4.69, 9.17) is 4.74 Å². The molecule has 86 valence electrons. The van der Waals surface area contributed by atoms with E-state index in [0.29, 0.717) is 11.3 Å². The molecule has 0 bridgehead atoms. The van der Waals surface area contributed by atoms with Crippen LogP contribution in [0.3, 0.4) is 0 Å². The highest BCUT2D eigenvalue weighted by Crippen LogP contribution is 2.30. The zero-order valence-electron chi connectivity index (χ0n) is 9.31. The Hall–Kier alpha value is -2.16. The van der Waals surface area contributed by atoms with Gasteiger partial charge in [-0.25, -0.2) is 4.39 Å². The Morgan fingerprint density at radius 2 is 1.82 bits per heavy atom. The predicted molar refractivity (Wildman–Crippen MR) is 63.8 cm³/mol. The minimum absolute atomic E-state index is 0.338. The molecule has 0 aromatic heterocycles. The molecule has 0 amide bonds. The fourth-order valence-corrected chi connectivity index (χ4v) is 1.64. The average molecular weight is 230 g/mol. The third-order valence-electron chi connectivity index (χ3n) is 2.52. The van der Waals surface area contributed by atoms with Crippen LogP contribution in [0.1, 0.15) is 10.4 Å². The van der Waals surface area contributed by atoms with Crippen LogP contribution in [-0.4, -0.2) is 13.4 Å². The van der Waals surface area contributed by atoms with Gasteiger partial charge < -0.3 is 4.74 Å². The number of methoxy groups -OCH3 is 1. The van der Waals surface area contributed by atoms with Crippen LogP contribution < -0.4 is 4.74 Å². The maximum atomic E-state index is 13.0. The number of benzene rings is 2. The van der Waals surface area contributed by atoms with Crippen molar-refractivity contribution in [2.75, 3.05) is 7.11 Å². The smallest absolute Gasteiger partial charge is 0.150 e. The van der Waals surface area contributed by atoms with Gasteiger partial charge in [0.1, 0.15) is 17.9 Å². The van der Waals surface area contributed by atoms with Gasteiger partial charge in [-0.1, -0.05) is 24.3 Å². The van der Waals surface area contributed by atoms with Crippen molar-refractivity contribution in [1.29, 1.82) is 0 Å². The van der Waals surface area contributed by atoms with Crippen molar-refractivity contribution in [3.05, 3.63) is 53.8 Å². The topological polar surface area (TPSA) is 26.3 Å². The number of ether oxygens (including phenoxy) is 1. The second-order valence-corrected chi connectivity index (χ2v) is 3.58. The molecular formula is C14H11FO2. The Labute approximate surface area is 98.7 Å². The van der Waals surface area contributed by atoms with Gasteiger partial charge in [0.2, 0.25) is 0 Å². The van der Waals surface area contributed by atoms with Crippen molar-refractivity contribution in [2.45, 2.75) is 0 Å². The van der Waals surface area contributed by atoms with Crippen molar-refractivity contribution in [1.82, 2.24) is 0 Å². The van der Waals surface area contributed by atoms with Crippen LogP contribution in [0.15, 0.2) is 42.5 Å². The maximum Gasteiger partial charge on any atom is 0.150 e. The first-order valence-corrected chi connectivity index (χ1v) is 5.14. The van der Waals surface area contributed by atoms with E-state index in [-0.39, 0.29) is 5.82 Å². The maximum absolute atomic E-state index is 13.0. The molecular weight excluding hydrogens is 219 g/mol. The van der Waals surface area contributed by atoms with Crippen LogP contribution in [0.2, 0.25) is 0 Å². The van der Waals surface area contributed by atoms with Gasteiger partial charge in [-0.2, -0.15) is 0 Å². The minimum Gasteiger partial charge on any atom is -0.496 e. The normalized spacial score (nSPS) is 10.0. The van der Waals surface area contributed by atoms with Crippen LogP contribution in [0, 0.1) is 5.82 Å². The van der Waals surface area contributed by atoms with Crippen LogP contribution in [0.25, 0.3) is 11.1 Å². The third kappa shape index (κ3) is 2.33. The number of carbonyl (C=O) groups is 1. The minimum atomic E-state index is -0.338. The van der Waals surface area contributed by atoms with Gasteiger partial charge in [0, 0.05) is 17.2 Å². The van der Waals surface area contributed by atoms with E-state index in [1.54, 1.807) is 30.3 Å². The van der Waals surface area contributed by atoms with E-state index >= 15 is 0 Å². The summed E-state index contributed by atoms with van der Waals surface area (Å²) in [4.78, 5) is 10.5. The summed E-state index contributed by atoms with van der Waals surface area (Å²) in [6.07, 6.45) is 0.783. The number of hydrogen-bond acceptors (Lipinski definition) is 2. The van der Waals surface area contributed by atoms with Crippen LogP contribution >= 0.6 is 0 Å². The number of rotatable bonds is 3. The van der Waals surface area contributed by atoms with E-state index in [9.17, 15) is 9.18 Å². The van der Waals surface area contributed by atoms with Crippen molar-refractivity contribution < 1.29 is 13.9 Å². The summed E-state index contributed by atoms with van der Waals surface area (Å²) < 4.78 is 18.2. The zero-order valence-corrected chi connectivity index (χ0v) is 9.31. The summed E-state index contributed by atoms with van der Waals surface area (Å²) in [5.74, 6) is 0.138. The first kappa shape index (κ1) is 11.3. The summed E-state index contributed by atoms with van der Waals surface area (Å²) in [6.45, 7) is 0. The van der Waals surface area contributed by atoms with Gasteiger partial charge in [-0.15, -0.1) is 0 Å². The first-order valence-electron chi connectivity index (χ1n) is 5.14. The zero-order chi connectivity index (χ0) is 12.3. The van der Waals surface area contributed by atoms with Gasteiger partial charge in [-0.05, 0) is 17.7 Å². The van der Waals surface area contributed by atoms with Crippen LogP contribution in [-0.2, 0) is 0 Å². The fourth-order valence-electron chi connectivity index (χ4n) is 1.64. The lowest BCUT2D eigenvalue weighted by Crippen LogP contribution is -1.89. The van der Waals surface area contributed by atoms with Crippen molar-refractivity contribution in [3.8, 4) is 16.9 Å². The third-order valence-corrected chi connectivity index (χ3v) is 2.52. The highest BCUT2D eigenvalue weighted by molar-refractivity contribution is 5.78. The largest absolute Gasteiger partial charge is 0.496 e. The fraction of sp³-hybridized carbons (Fsp3) is 0.0714. The lowest BCUT2D eigenvalue weighted by molar-refractivity contribution is 0.112. The lowest BCUT2D eigenvalue weighted by Gasteiger charge is -2.08. The summed E-state index contributed by atoms with van der Waals surface area (Å²) in [7, 11) is 1.50. The van der Waals surface area contributed by atoms with Crippen LogP contribution in [0.5, 0.6) is 5.75 Å².